The van der Waals surface area contributed by atoms with Crippen molar-refractivity contribution >= 4 is 35.0 Å². The van der Waals surface area contributed by atoms with Gasteiger partial charge < -0.3 is 15.0 Å². The number of carbonyl (C=O) groups excluding carboxylic acids is 2. The lowest BCUT2D eigenvalue weighted by atomic mass is 10.1. The Bertz CT molecular complexity index is 897. The van der Waals surface area contributed by atoms with E-state index in [1.807, 2.05) is 45.9 Å². The van der Waals surface area contributed by atoms with Crippen LogP contribution in [0.1, 0.15) is 43.4 Å². The summed E-state index contributed by atoms with van der Waals surface area (Å²) >= 11 is 12.4. The molecule has 7 heteroatoms. The van der Waals surface area contributed by atoms with Crippen LogP contribution < -0.4 is 10.1 Å². The van der Waals surface area contributed by atoms with Gasteiger partial charge in [0.15, 0.2) is 6.61 Å². The quantitative estimate of drug-likeness (QED) is 0.517. The molecular weight excluding hydrogens is 435 g/mol. The van der Waals surface area contributed by atoms with E-state index in [2.05, 4.69) is 5.32 Å². The Morgan fingerprint density at radius 2 is 1.74 bits per heavy atom. The predicted molar refractivity (Wildman–Crippen MR) is 126 cm³/mol. The van der Waals surface area contributed by atoms with Crippen LogP contribution in [-0.4, -0.2) is 35.9 Å². The number of nitrogens with one attached hydrogen (secondary N) is 1. The van der Waals surface area contributed by atoms with Crippen LogP contribution in [0.15, 0.2) is 36.4 Å². The van der Waals surface area contributed by atoms with E-state index in [1.54, 1.807) is 18.2 Å². The Balaban J connectivity index is 2.25. The second-order valence-corrected chi connectivity index (χ2v) is 8.43. The highest BCUT2D eigenvalue weighted by atomic mass is 35.5. The van der Waals surface area contributed by atoms with Gasteiger partial charge in [-0.05, 0) is 67.6 Å². The third-order valence-electron chi connectivity index (χ3n) is 4.85. The Hall–Kier alpha value is -2.24. The average molecular weight is 465 g/mol. The van der Waals surface area contributed by atoms with Crippen molar-refractivity contribution in [2.75, 3.05) is 13.2 Å². The average Bonchev–Trinajstić information content (AvgIpc) is 2.71. The van der Waals surface area contributed by atoms with Gasteiger partial charge in [-0.2, -0.15) is 0 Å². The molecule has 1 N–H and O–H groups in total. The van der Waals surface area contributed by atoms with E-state index in [-0.39, 0.29) is 25.0 Å². The molecule has 0 aliphatic heterocycles. The molecule has 0 unspecified atom stereocenters. The lowest BCUT2D eigenvalue weighted by Gasteiger charge is -2.31. The number of amides is 2. The topological polar surface area (TPSA) is 58.6 Å². The van der Waals surface area contributed by atoms with Gasteiger partial charge in [0, 0.05) is 23.1 Å². The van der Waals surface area contributed by atoms with Crippen molar-refractivity contribution in [3.63, 3.8) is 0 Å². The lowest BCUT2D eigenvalue weighted by Crippen LogP contribution is -2.50. The summed E-state index contributed by atoms with van der Waals surface area (Å²) in [7, 11) is 0. The number of rotatable bonds is 10. The van der Waals surface area contributed by atoms with Crippen molar-refractivity contribution in [2.45, 2.75) is 53.1 Å². The fourth-order valence-corrected chi connectivity index (χ4v) is 3.83. The summed E-state index contributed by atoms with van der Waals surface area (Å²) in [4.78, 5) is 27.5. The SMILES string of the molecule is CCCNC(=O)[C@H](CC)N(Cc1ccc(Cl)cc1Cl)C(=O)COc1cc(C)cc(C)c1. The fourth-order valence-electron chi connectivity index (χ4n) is 3.36. The Morgan fingerprint density at radius 3 is 2.32 bits per heavy atom. The van der Waals surface area contributed by atoms with Crippen molar-refractivity contribution in [1.29, 1.82) is 0 Å². The first-order valence-electron chi connectivity index (χ1n) is 10.5. The maximum absolute atomic E-state index is 13.2. The molecule has 0 heterocycles. The molecule has 0 aromatic heterocycles. The Labute approximate surface area is 194 Å². The molecule has 0 bridgehead atoms. The zero-order valence-corrected chi connectivity index (χ0v) is 20.0. The van der Waals surface area contributed by atoms with Crippen LogP contribution in [0.5, 0.6) is 5.75 Å². The molecule has 1 atom stereocenters. The molecule has 2 rings (SSSR count). The van der Waals surface area contributed by atoms with Gasteiger partial charge in [0.2, 0.25) is 5.91 Å². The van der Waals surface area contributed by atoms with Crippen LogP contribution in [0.3, 0.4) is 0 Å². The molecule has 0 spiro atoms. The molecule has 2 aromatic rings. The predicted octanol–water partition coefficient (Wildman–Crippen LogP) is 5.32. The van der Waals surface area contributed by atoms with Crippen molar-refractivity contribution in [3.8, 4) is 5.75 Å². The smallest absolute Gasteiger partial charge is 0.261 e. The minimum Gasteiger partial charge on any atom is -0.484 e. The third-order valence-corrected chi connectivity index (χ3v) is 5.44. The standard InChI is InChI=1S/C24H30Cl2N2O3/c1-5-9-27-24(30)22(6-2)28(14-18-7-8-19(25)13-21(18)26)23(29)15-31-20-11-16(3)10-17(4)12-20/h7-8,10-13,22H,5-6,9,14-15H2,1-4H3,(H,27,30)/t22-/m0/s1. The minimum atomic E-state index is -0.631. The number of nitrogens with zero attached hydrogens (tertiary/aromatic N) is 1. The van der Waals surface area contributed by atoms with Crippen LogP contribution in [0.25, 0.3) is 0 Å². The van der Waals surface area contributed by atoms with Crippen LogP contribution in [0, 0.1) is 13.8 Å². The maximum atomic E-state index is 13.2. The van der Waals surface area contributed by atoms with Crippen LogP contribution in [-0.2, 0) is 16.1 Å². The van der Waals surface area contributed by atoms with E-state index in [0.717, 1.165) is 17.5 Å². The minimum absolute atomic E-state index is 0.175. The highest BCUT2D eigenvalue weighted by molar-refractivity contribution is 6.35. The molecular formula is C24H30Cl2N2O3. The summed E-state index contributed by atoms with van der Waals surface area (Å²) in [5.74, 6) is 0.150. The summed E-state index contributed by atoms with van der Waals surface area (Å²) in [5, 5.41) is 3.85. The Kier molecular flexibility index (Phi) is 9.66. The largest absolute Gasteiger partial charge is 0.484 e. The second kappa shape index (κ2) is 12.0. The summed E-state index contributed by atoms with van der Waals surface area (Å²) in [6, 6.07) is 10.3. The number of ether oxygens (including phenoxy) is 1. The first-order valence-corrected chi connectivity index (χ1v) is 11.2. The molecule has 2 amide bonds. The number of carbonyl (C=O) groups is 2. The maximum Gasteiger partial charge on any atom is 0.261 e. The monoisotopic (exact) mass is 464 g/mol. The molecule has 0 radical (unpaired) electrons. The molecule has 0 aliphatic rings. The van der Waals surface area contributed by atoms with Gasteiger partial charge in [0.1, 0.15) is 11.8 Å². The van der Waals surface area contributed by atoms with E-state index in [1.165, 1.54) is 4.90 Å². The highest BCUT2D eigenvalue weighted by Crippen LogP contribution is 2.24. The number of hydrogen-bond acceptors (Lipinski definition) is 3. The van der Waals surface area contributed by atoms with Gasteiger partial charge in [-0.25, -0.2) is 0 Å². The van der Waals surface area contributed by atoms with Crippen LogP contribution in [0.4, 0.5) is 0 Å². The van der Waals surface area contributed by atoms with Crippen LogP contribution in [0.2, 0.25) is 10.0 Å². The van der Waals surface area contributed by atoms with Crippen molar-refractivity contribution in [2.24, 2.45) is 0 Å². The summed E-state index contributed by atoms with van der Waals surface area (Å²) in [5.41, 5.74) is 2.82. The molecule has 0 fully saturated rings. The van der Waals surface area contributed by atoms with Gasteiger partial charge in [0.05, 0.1) is 0 Å². The molecule has 0 aliphatic carbocycles. The van der Waals surface area contributed by atoms with Crippen LogP contribution >= 0.6 is 23.2 Å². The fraction of sp³-hybridized carbons (Fsp3) is 0.417. The van der Waals surface area contributed by atoms with Gasteiger partial charge in [-0.1, -0.05) is 49.2 Å². The first-order chi connectivity index (χ1) is 14.7. The van der Waals surface area contributed by atoms with E-state index in [0.29, 0.717) is 34.3 Å². The summed E-state index contributed by atoms with van der Waals surface area (Å²) in [6.45, 7) is 8.37. The number of halogens is 2. The molecule has 31 heavy (non-hydrogen) atoms. The third kappa shape index (κ3) is 7.44. The zero-order valence-electron chi connectivity index (χ0n) is 18.5. The Morgan fingerprint density at radius 1 is 1.06 bits per heavy atom. The van der Waals surface area contributed by atoms with Gasteiger partial charge in [-0.15, -0.1) is 0 Å². The second-order valence-electron chi connectivity index (χ2n) is 7.58. The zero-order chi connectivity index (χ0) is 23.0. The summed E-state index contributed by atoms with van der Waals surface area (Å²) in [6.07, 6.45) is 1.28. The van der Waals surface area contributed by atoms with Crippen molar-refractivity contribution in [1.82, 2.24) is 10.2 Å². The van der Waals surface area contributed by atoms with E-state index in [9.17, 15) is 9.59 Å². The summed E-state index contributed by atoms with van der Waals surface area (Å²) < 4.78 is 5.78. The van der Waals surface area contributed by atoms with Crippen molar-refractivity contribution in [3.05, 3.63) is 63.1 Å². The first kappa shape index (κ1) is 25.0. The van der Waals surface area contributed by atoms with Gasteiger partial charge >= 0.3 is 0 Å². The lowest BCUT2D eigenvalue weighted by molar-refractivity contribution is -0.143. The number of benzene rings is 2. The van der Waals surface area contributed by atoms with Gasteiger partial charge in [0.25, 0.3) is 5.91 Å². The molecule has 0 saturated heterocycles. The number of hydrogen-bond donors (Lipinski definition) is 1. The normalized spacial score (nSPS) is 11.7. The highest BCUT2D eigenvalue weighted by Gasteiger charge is 2.29. The molecule has 168 valence electrons. The van der Waals surface area contributed by atoms with E-state index >= 15 is 0 Å². The number of aryl methyl sites for hydroxylation is 2. The van der Waals surface area contributed by atoms with Gasteiger partial charge in [-0.3, -0.25) is 9.59 Å². The molecule has 0 saturated carbocycles. The van der Waals surface area contributed by atoms with E-state index in [4.69, 9.17) is 27.9 Å². The van der Waals surface area contributed by atoms with E-state index < -0.39 is 6.04 Å². The molecule has 2 aromatic carbocycles. The van der Waals surface area contributed by atoms with Crippen molar-refractivity contribution < 1.29 is 14.3 Å². The molecule has 5 nitrogen and oxygen atoms in total.